The Hall–Kier alpha value is -2.47. The highest BCUT2D eigenvalue weighted by Crippen LogP contribution is 2.07. The average Bonchev–Trinajstić information content (AvgIpc) is 2.61. The molecule has 1 aromatic carbocycles. The van der Waals surface area contributed by atoms with Crippen LogP contribution in [-0.4, -0.2) is 37.7 Å². The Morgan fingerprint density at radius 1 is 1.21 bits per heavy atom. The van der Waals surface area contributed by atoms with Gasteiger partial charge in [0.1, 0.15) is 11.6 Å². The second-order valence-corrected chi connectivity index (χ2v) is 5.34. The van der Waals surface area contributed by atoms with Crippen molar-refractivity contribution >= 4 is 11.7 Å². The molecule has 2 aromatic rings. The Kier molecular flexibility index (Phi) is 7.17. The number of anilines is 1. The maximum absolute atomic E-state index is 12.8. The maximum atomic E-state index is 12.8. The van der Waals surface area contributed by atoms with Crippen molar-refractivity contribution in [2.24, 2.45) is 0 Å². The summed E-state index contributed by atoms with van der Waals surface area (Å²) in [7, 11) is 1.66. The second-order valence-electron chi connectivity index (χ2n) is 5.34. The zero-order chi connectivity index (χ0) is 17.2. The first-order chi connectivity index (χ1) is 11.7. The minimum Gasteiger partial charge on any atom is -0.385 e. The van der Waals surface area contributed by atoms with E-state index >= 15 is 0 Å². The van der Waals surface area contributed by atoms with Crippen LogP contribution in [0, 0.1) is 5.82 Å². The smallest absolute Gasteiger partial charge is 0.251 e. The Morgan fingerprint density at radius 2 is 2.00 bits per heavy atom. The van der Waals surface area contributed by atoms with Gasteiger partial charge in [-0.2, -0.15) is 0 Å². The molecule has 0 bridgehead atoms. The van der Waals surface area contributed by atoms with Crippen LogP contribution in [0.25, 0.3) is 0 Å². The normalized spacial score (nSPS) is 10.4. The van der Waals surface area contributed by atoms with Crippen LogP contribution in [0.5, 0.6) is 0 Å². The van der Waals surface area contributed by atoms with Crippen LogP contribution in [0.4, 0.5) is 10.2 Å². The molecule has 0 unspecified atom stereocenters. The lowest BCUT2D eigenvalue weighted by atomic mass is 10.1. The van der Waals surface area contributed by atoms with Crippen molar-refractivity contribution in [3.63, 3.8) is 0 Å². The van der Waals surface area contributed by atoms with Gasteiger partial charge >= 0.3 is 0 Å². The standard InChI is InChI=1S/C18H22FN3O2/c1-24-12-2-9-20-17-13-15(8-11-21-17)18(23)22-10-7-14-3-5-16(19)6-4-14/h3-6,8,11,13H,2,7,9-10,12H2,1H3,(H,20,21)(H,22,23). The maximum Gasteiger partial charge on any atom is 0.251 e. The summed E-state index contributed by atoms with van der Waals surface area (Å²) in [6.45, 7) is 1.90. The van der Waals surface area contributed by atoms with Crippen LogP contribution in [0.2, 0.25) is 0 Å². The topological polar surface area (TPSA) is 63.2 Å². The van der Waals surface area contributed by atoms with Crippen molar-refractivity contribution in [2.75, 3.05) is 32.1 Å². The van der Waals surface area contributed by atoms with E-state index in [1.54, 1.807) is 37.6 Å². The van der Waals surface area contributed by atoms with E-state index in [9.17, 15) is 9.18 Å². The lowest BCUT2D eigenvalue weighted by molar-refractivity contribution is 0.0954. The Labute approximate surface area is 141 Å². The molecule has 0 aliphatic rings. The van der Waals surface area contributed by atoms with Crippen molar-refractivity contribution in [2.45, 2.75) is 12.8 Å². The summed E-state index contributed by atoms with van der Waals surface area (Å²) in [5.74, 6) is 0.252. The van der Waals surface area contributed by atoms with Gasteiger partial charge in [0.2, 0.25) is 0 Å². The van der Waals surface area contributed by atoms with Crippen molar-refractivity contribution < 1.29 is 13.9 Å². The summed E-state index contributed by atoms with van der Waals surface area (Å²) in [6, 6.07) is 9.67. The van der Waals surface area contributed by atoms with Gasteiger partial charge in [0.15, 0.2) is 0 Å². The van der Waals surface area contributed by atoms with E-state index in [0.29, 0.717) is 31.0 Å². The summed E-state index contributed by atoms with van der Waals surface area (Å²) < 4.78 is 17.8. The highest BCUT2D eigenvalue weighted by atomic mass is 19.1. The van der Waals surface area contributed by atoms with E-state index in [4.69, 9.17) is 4.74 Å². The molecular weight excluding hydrogens is 309 g/mol. The van der Waals surface area contributed by atoms with E-state index in [0.717, 1.165) is 18.5 Å². The van der Waals surface area contributed by atoms with Gasteiger partial charge in [0, 0.05) is 38.6 Å². The minimum atomic E-state index is -0.259. The summed E-state index contributed by atoms with van der Waals surface area (Å²) in [5, 5.41) is 6.01. The SMILES string of the molecule is COCCCNc1cc(C(=O)NCCc2ccc(F)cc2)ccn1. The molecule has 5 nitrogen and oxygen atoms in total. The molecule has 24 heavy (non-hydrogen) atoms. The molecule has 2 rings (SSSR count). The number of carbonyl (C=O) groups excluding carboxylic acids is 1. The quantitative estimate of drug-likeness (QED) is 0.694. The van der Waals surface area contributed by atoms with Crippen LogP contribution < -0.4 is 10.6 Å². The fraction of sp³-hybridized carbons (Fsp3) is 0.333. The number of aromatic nitrogens is 1. The van der Waals surface area contributed by atoms with E-state index in [1.807, 2.05) is 0 Å². The third-order valence-electron chi connectivity index (χ3n) is 3.47. The number of pyridine rings is 1. The molecule has 1 aromatic heterocycles. The van der Waals surface area contributed by atoms with Crippen molar-refractivity contribution in [3.05, 3.63) is 59.5 Å². The summed E-state index contributed by atoms with van der Waals surface area (Å²) in [5.41, 5.74) is 1.53. The van der Waals surface area contributed by atoms with Gasteiger partial charge < -0.3 is 15.4 Å². The first-order valence-corrected chi connectivity index (χ1v) is 7.90. The van der Waals surface area contributed by atoms with E-state index < -0.39 is 0 Å². The zero-order valence-electron chi connectivity index (χ0n) is 13.7. The van der Waals surface area contributed by atoms with Gasteiger partial charge in [0.25, 0.3) is 5.91 Å². The highest BCUT2D eigenvalue weighted by molar-refractivity contribution is 5.94. The number of nitrogens with zero attached hydrogens (tertiary/aromatic N) is 1. The number of hydrogen-bond acceptors (Lipinski definition) is 4. The molecule has 0 saturated heterocycles. The minimum absolute atomic E-state index is 0.153. The van der Waals surface area contributed by atoms with Crippen LogP contribution in [0.15, 0.2) is 42.6 Å². The molecule has 0 saturated carbocycles. The molecule has 128 valence electrons. The van der Waals surface area contributed by atoms with Gasteiger partial charge in [-0.05, 0) is 42.7 Å². The molecule has 0 atom stereocenters. The summed E-state index contributed by atoms with van der Waals surface area (Å²) >= 11 is 0. The summed E-state index contributed by atoms with van der Waals surface area (Å²) in [6.07, 6.45) is 3.12. The summed E-state index contributed by atoms with van der Waals surface area (Å²) in [4.78, 5) is 16.4. The van der Waals surface area contributed by atoms with Crippen LogP contribution in [0.3, 0.4) is 0 Å². The fourth-order valence-electron chi connectivity index (χ4n) is 2.17. The monoisotopic (exact) mass is 331 g/mol. The van der Waals surface area contributed by atoms with Gasteiger partial charge in [-0.25, -0.2) is 9.37 Å². The Morgan fingerprint density at radius 3 is 2.75 bits per heavy atom. The van der Waals surface area contributed by atoms with Crippen molar-refractivity contribution in [3.8, 4) is 0 Å². The number of halogens is 1. The molecule has 0 fully saturated rings. The number of hydrogen-bond donors (Lipinski definition) is 2. The largest absolute Gasteiger partial charge is 0.385 e. The molecular formula is C18H22FN3O2. The molecule has 1 heterocycles. The number of amides is 1. The number of benzene rings is 1. The molecule has 0 aliphatic heterocycles. The predicted octanol–water partition coefficient (Wildman–Crippen LogP) is 2.64. The lowest BCUT2D eigenvalue weighted by Gasteiger charge is -2.08. The fourth-order valence-corrected chi connectivity index (χ4v) is 2.17. The zero-order valence-corrected chi connectivity index (χ0v) is 13.7. The molecule has 2 N–H and O–H groups in total. The molecule has 0 aliphatic carbocycles. The first kappa shape index (κ1) is 17.9. The van der Waals surface area contributed by atoms with Crippen LogP contribution in [-0.2, 0) is 11.2 Å². The number of carbonyl (C=O) groups is 1. The number of ether oxygens (including phenoxy) is 1. The van der Waals surface area contributed by atoms with Gasteiger partial charge in [-0.1, -0.05) is 12.1 Å². The molecule has 0 spiro atoms. The van der Waals surface area contributed by atoms with Gasteiger partial charge in [-0.3, -0.25) is 4.79 Å². The predicted molar refractivity (Wildman–Crippen MR) is 91.7 cm³/mol. The second kappa shape index (κ2) is 9.62. The van der Waals surface area contributed by atoms with Crippen molar-refractivity contribution in [1.29, 1.82) is 0 Å². The molecule has 1 amide bonds. The van der Waals surface area contributed by atoms with E-state index in [2.05, 4.69) is 15.6 Å². The lowest BCUT2D eigenvalue weighted by Crippen LogP contribution is -2.25. The van der Waals surface area contributed by atoms with Crippen LogP contribution in [0.1, 0.15) is 22.3 Å². The van der Waals surface area contributed by atoms with E-state index in [1.165, 1.54) is 12.1 Å². The third kappa shape index (κ3) is 5.96. The number of nitrogens with one attached hydrogen (secondary N) is 2. The number of methoxy groups -OCH3 is 1. The van der Waals surface area contributed by atoms with Gasteiger partial charge in [0.05, 0.1) is 0 Å². The third-order valence-corrected chi connectivity index (χ3v) is 3.47. The van der Waals surface area contributed by atoms with E-state index in [-0.39, 0.29) is 11.7 Å². The Balaban J connectivity index is 1.80. The van der Waals surface area contributed by atoms with Crippen molar-refractivity contribution in [1.82, 2.24) is 10.3 Å². The molecule has 0 radical (unpaired) electrons. The van der Waals surface area contributed by atoms with Crippen LogP contribution >= 0.6 is 0 Å². The Bertz CT molecular complexity index is 647. The van der Waals surface area contributed by atoms with Gasteiger partial charge in [-0.15, -0.1) is 0 Å². The molecule has 6 heteroatoms. The number of rotatable bonds is 9. The first-order valence-electron chi connectivity index (χ1n) is 7.90. The highest BCUT2D eigenvalue weighted by Gasteiger charge is 2.06. The average molecular weight is 331 g/mol.